The monoisotopic (exact) mass is 433 g/mol. The standard InChI is InChI=1S/C22H31N3O6/c1-12-4-6-16-13(2)19(27-11-14-5-7-17(24-10-14)18(26)25-23)28-20-22(16)15(12)8-9-21(3,29-20)30-31-22/h5,7,10,12-13,15-16,19-20H,4,6,8-9,11,23H2,1-3H3,(H,25,26)/t12-,13-,15+,16?,19+,20-,21+,22-/m1/s1. The van der Waals surface area contributed by atoms with Gasteiger partial charge in [-0.05, 0) is 49.7 Å². The molecule has 31 heavy (non-hydrogen) atoms. The van der Waals surface area contributed by atoms with E-state index in [1.165, 1.54) is 0 Å². The fourth-order valence-electron chi connectivity index (χ4n) is 5.96. The Morgan fingerprint density at radius 1 is 1.26 bits per heavy atom. The molecule has 6 rings (SSSR count). The molecule has 1 amide bonds. The highest BCUT2D eigenvalue weighted by Gasteiger charge is 2.69. The zero-order chi connectivity index (χ0) is 21.8. The predicted octanol–water partition coefficient (Wildman–Crippen LogP) is 2.41. The van der Waals surface area contributed by atoms with Crippen molar-refractivity contribution in [3.63, 3.8) is 0 Å². The summed E-state index contributed by atoms with van der Waals surface area (Å²) in [4.78, 5) is 27.7. The van der Waals surface area contributed by atoms with Gasteiger partial charge in [-0.2, -0.15) is 0 Å². The van der Waals surface area contributed by atoms with E-state index in [1.807, 2.05) is 6.92 Å². The lowest BCUT2D eigenvalue weighted by molar-refractivity contribution is -0.577. The van der Waals surface area contributed by atoms with E-state index in [9.17, 15) is 4.79 Å². The van der Waals surface area contributed by atoms with E-state index >= 15 is 0 Å². The van der Waals surface area contributed by atoms with Crippen molar-refractivity contribution >= 4 is 5.91 Å². The summed E-state index contributed by atoms with van der Waals surface area (Å²) in [5, 5.41) is 0. The highest BCUT2D eigenvalue weighted by atomic mass is 17.3. The molecule has 1 aromatic heterocycles. The van der Waals surface area contributed by atoms with E-state index in [0.29, 0.717) is 18.4 Å². The first-order valence-electron chi connectivity index (χ1n) is 11.1. The number of rotatable bonds is 4. The lowest BCUT2D eigenvalue weighted by Crippen LogP contribution is -2.70. The van der Waals surface area contributed by atoms with Gasteiger partial charge < -0.3 is 14.2 Å². The Kier molecular flexibility index (Phi) is 5.31. The van der Waals surface area contributed by atoms with E-state index in [0.717, 1.165) is 31.2 Å². The van der Waals surface area contributed by atoms with Crippen molar-refractivity contribution < 1.29 is 28.8 Å². The second-order valence-electron chi connectivity index (χ2n) is 9.61. The summed E-state index contributed by atoms with van der Waals surface area (Å²) in [7, 11) is 0. The van der Waals surface area contributed by atoms with Gasteiger partial charge in [-0.3, -0.25) is 15.2 Å². The molecule has 5 fully saturated rings. The van der Waals surface area contributed by atoms with Crippen LogP contribution in [0.1, 0.15) is 62.5 Å². The van der Waals surface area contributed by atoms with Crippen LogP contribution in [0.4, 0.5) is 0 Å². The first-order chi connectivity index (χ1) is 14.9. The summed E-state index contributed by atoms with van der Waals surface area (Å²) < 4.78 is 18.9. The molecule has 8 atom stereocenters. The number of nitrogen functional groups attached to an aromatic ring is 1. The fraction of sp³-hybridized carbons (Fsp3) is 0.727. The van der Waals surface area contributed by atoms with Gasteiger partial charge in [0, 0.05) is 24.5 Å². The Bertz CT molecular complexity index is 837. The van der Waals surface area contributed by atoms with Crippen molar-refractivity contribution in [3.05, 3.63) is 29.6 Å². The Morgan fingerprint density at radius 2 is 2.10 bits per heavy atom. The van der Waals surface area contributed by atoms with Gasteiger partial charge >= 0.3 is 0 Å². The third-order valence-corrected chi connectivity index (χ3v) is 7.70. The zero-order valence-electron chi connectivity index (χ0n) is 18.2. The third kappa shape index (κ3) is 3.39. The second-order valence-corrected chi connectivity index (χ2v) is 9.61. The minimum Gasteiger partial charge on any atom is -0.348 e. The van der Waals surface area contributed by atoms with Crippen molar-refractivity contribution in [3.8, 4) is 0 Å². The van der Waals surface area contributed by atoms with Crippen LogP contribution in [0.3, 0.4) is 0 Å². The molecule has 1 unspecified atom stereocenters. The number of hydrogen-bond donors (Lipinski definition) is 2. The smallest absolute Gasteiger partial charge is 0.283 e. The van der Waals surface area contributed by atoms with E-state index in [1.54, 1.807) is 18.3 Å². The lowest BCUT2D eigenvalue weighted by Gasteiger charge is -2.60. The van der Waals surface area contributed by atoms with Crippen LogP contribution in [0, 0.1) is 23.7 Å². The SMILES string of the molecule is C[C@@H]1CCC2[C@@H](C)[C@@H](OCc3ccc(C(=O)NN)nc3)O[C@@H]3O[C@]4(C)CC[C@@H]1[C@@]23OO4. The minimum atomic E-state index is -0.800. The van der Waals surface area contributed by atoms with E-state index in [-0.39, 0.29) is 17.5 Å². The first kappa shape index (κ1) is 21.2. The predicted molar refractivity (Wildman–Crippen MR) is 108 cm³/mol. The van der Waals surface area contributed by atoms with Crippen LogP contribution in [0.5, 0.6) is 0 Å². The highest BCUT2D eigenvalue weighted by molar-refractivity contribution is 5.91. The fourth-order valence-corrected chi connectivity index (χ4v) is 5.96. The summed E-state index contributed by atoms with van der Waals surface area (Å²) in [5.74, 6) is 5.09. The lowest BCUT2D eigenvalue weighted by atomic mass is 9.58. The molecule has 9 heteroatoms. The number of hydrogen-bond acceptors (Lipinski definition) is 8. The van der Waals surface area contributed by atoms with Crippen LogP contribution in [-0.4, -0.2) is 34.9 Å². The van der Waals surface area contributed by atoms with Gasteiger partial charge in [0.1, 0.15) is 5.69 Å². The third-order valence-electron chi connectivity index (χ3n) is 7.70. The van der Waals surface area contributed by atoms with Gasteiger partial charge in [0.15, 0.2) is 18.2 Å². The van der Waals surface area contributed by atoms with Crippen LogP contribution < -0.4 is 11.3 Å². The maximum atomic E-state index is 11.6. The molecule has 1 saturated carbocycles. The molecule has 4 aliphatic heterocycles. The molecule has 1 aliphatic carbocycles. The van der Waals surface area contributed by atoms with Crippen LogP contribution in [-0.2, 0) is 30.6 Å². The largest absolute Gasteiger partial charge is 0.348 e. The number of carbonyl (C=O) groups excluding carboxylic acids is 1. The molecule has 5 heterocycles. The van der Waals surface area contributed by atoms with Gasteiger partial charge in [0.05, 0.1) is 6.61 Å². The molecule has 4 saturated heterocycles. The van der Waals surface area contributed by atoms with E-state index < -0.39 is 29.9 Å². The molecule has 1 aromatic rings. The van der Waals surface area contributed by atoms with Crippen LogP contribution in [0.2, 0.25) is 0 Å². The number of hydrazine groups is 1. The second kappa shape index (κ2) is 7.75. The van der Waals surface area contributed by atoms with Crippen molar-refractivity contribution in [1.29, 1.82) is 0 Å². The number of fused-ring (bicyclic) bond motifs is 2. The first-order valence-corrected chi connectivity index (χ1v) is 11.1. The number of carbonyl (C=O) groups is 1. The number of nitrogens with two attached hydrogens (primary N) is 1. The normalized spacial score (nSPS) is 43.7. The minimum absolute atomic E-state index is 0.108. The average Bonchev–Trinajstić information content (AvgIpc) is 3.01. The zero-order valence-corrected chi connectivity index (χ0v) is 18.2. The van der Waals surface area contributed by atoms with Crippen LogP contribution in [0.25, 0.3) is 0 Å². The van der Waals surface area contributed by atoms with Gasteiger partial charge in [0.2, 0.25) is 5.79 Å². The van der Waals surface area contributed by atoms with Gasteiger partial charge in [0.25, 0.3) is 5.91 Å². The molecule has 170 valence electrons. The molecule has 0 radical (unpaired) electrons. The van der Waals surface area contributed by atoms with Gasteiger partial charge in [-0.25, -0.2) is 15.6 Å². The van der Waals surface area contributed by atoms with Crippen molar-refractivity contribution in [2.75, 3.05) is 0 Å². The Hall–Kier alpha value is -1.62. The molecule has 5 aliphatic rings. The number of pyridine rings is 1. The molecule has 2 bridgehead atoms. The van der Waals surface area contributed by atoms with Crippen molar-refractivity contribution in [1.82, 2.24) is 10.4 Å². The highest BCUT2D eigenvalue weighted by Crippen LogP contribution is 2.60. The molecule has 0 aromatic carbocycles. The van der Waals surface area contributed by atoms with Crippen molar-refractivity contribution in [2.45, 2.75) is 77.0 Å². The summed E-state index contributed by atoms with van der Waals surface area (Å²) in [6.45, 7) is 6.68. The maximum absolute atomic E-state index is 11.6. The Balaban J connectivity index is 1.34. The number of aromatic nitrogens is 1. The Labute approximate surface area is 181 Å². The number of ether oxygens (including phenoxy) is 3. The maximum Gasteiger partial charge on any atom is 0.283 e. The molecular weight excluding hydrogens is 402 g/mol. The van der Waals surface area contributed by atoms with Crippen LogP contribution in [0.15, 0.2) is 18.3 Å². The molecular formula is C22H31N3O6. The molecule has 9 nitrogen and oxygen atoms in total. The summed E-state index contributed by atoms with van der Waals surface area (Å²) in [5.41, 5.74) is 2.58. The molecule has 1 spiro atoms. The van der Waals surface area contributed by atoms with Gasteiger partial charge in [-0.15, -0.1) is 0 Å². The van der Waals surface area contributed by atoms with E-state index in [4.69, 9.17) is 29.8 Å². The summed E-state index contributed by atoms with van der Waals surface area (Å²) in [6, 6.07) is 3.42. The summed E-state index contributed by atoms with van der Waals surface area (Å²) >= 11 is 0. The topological polar surface area (TPSA) is 114 Å². The van der Waals surface area contributed by atoms with Gasteiger partial charge in [-0.1, -0.05) is 19.9 Å². The summed E-state index contributed by atoms with van der Waals surface area (Å²) in [6.07, 6.45) is 4.60. The number of amides is 1. The van der Waals surface area contributed by atoms with Crippen LogP contribution >= 0.6 is 0 Å². The van der Waals surface area contributed by atoms with Crippen molar-refractivity contribution in [2.24, 2.45) is 29.5 Å². The Morgan fingerprint density at radius 3 is 2.84 bits per heavy atom. The quantitative estimate of drug-likeness (QED) is 0.322. The number of nitrogens with one attached hydrogen (secondary N) is 1. The molecule has 3 N–H and O–H groups in total. The average molecular weight is 434 g/mol. The van der Waals surface area contributed by atoms with E-state index in [2.05, 4.69) is 24.3 Å². The number of nitrogens with zero attached hydrogens (tertiary/aromatic N) is 1.